The fourth-order valence-corrected chi connectivity index (χ4v) is 1.39. The second-order valence-corrected chi connectivity index (χ2v) is 3.90. The predicted molar refractivity (Wildman–Crippen MR) is 64.1 cm³/mol. The van der Waals surface area contributed by atoms with Gasteiger partial charge >= 0.3 is 17.9 Å². The molecule has 0 fully saturated rings. The Labute approximate surface area is 110 Å². The fourth-order valence-electron chi connectivity index (χ4n) is 1.39. The molecule has 6 heteroatoms. The van der Waals surface area contributed by atoms with E-state index in [-0.39, 0.29) is 5.56 Å². The molecule has 0 aromatic heterocycles. The minimum atomic E-state index is -0.995. The Bertz CT molecular complexity index is 506. The fraction of sp³-hybridized carbons (Fsp3) is 0.308. The summed E-state index contributed by atoms with van der Waals surface area (Å²) in [5, 5.41) is 0. The molecular formula is C13H14O6. The molecule has 0 heterocycles. The Balaban J connectivity index is 2.56. The highest BCUT2D eigenvalue weighted by molar-refractivity contribution is 5.93. The maximum absolute atomic E-state index is 11.6. The van der Waals surface area contributed by atoms with Crippen molar-refractivity contribution in [1.29, 1.82) is 0 Å². The third-order valence-electron chi connectivity index (χ3n) is 2.33. The minimum Gasteiger partial charge on any atom is -0.469 e. The quantitative estimate of drug-likeness (QED) is 0.357. The highest BCUT2D eigenvalue weighted by atomic mass is 17.2. The molecule has 0 radical (unpaired) electrons. The maximum Gasteiger partial charge on any atom is 0.386 e. The van der Waals surface area contributed by atoms with Gasteiger partial charge < -0.3 is 4.74 Å². The molecule has 1 rings (SSSR count). The molecule has 0 bridgehead atoms. The smallest absolute Gasteiger partial charge is 0.386 e. The minimum absolute atomic E-state index is 0.288. The molecule has 6 nitrogen and oxygen atoms in total. The molecule has 0 saturated carbocycles. The zero-order valence-electron chi connectivity index (χ0n) is 10.9. The standard InChI is InChI=1S/C13H14O6/c1-8-4-5-10(9(2)6-8)13(16)19-18-12(15)7-11(14)17-3/h4-6H,7H2,1-3H3. The van der Waals surface area contributed by atoms with Crippen LogP contribution in [-0.4, -0.2) is 25.0 Å². The summed E-state index contributed by atoms with van der Waals surface area (Å²) in [6.45, 7) is 3.62. The van der Waals surface area contributed by atoms with Crippen molar-refractivity contribution in [2.24, 2.45) is 0 Å². The van der Waals surface area contributed by atoms with Crippen molar-refractivity contribution in [2.75, 3.05) is 7.11 Å². The number of benzene rings is 1. The number of methoxy groups -OCH3 is 1. The van der Waals surface area contributed by atoms with Crippen molar-refractivity contribution >= 4 is 17.9 Å². The molecular weight excluding hydrogens is 252 g/mol. The highest BCUT2D eigenvalue weighted by Crippen LogP contribution is 2.12. The monoisotopic (exact) mass is 266 g/mol. The molecule has 102 valence electrons. The summed E-state index contributed by atoms with van der Waals surface area (Å²) < 4.78 is 4.26. The van der Waals surface area contributed by atoms with Gasteiger partial charge in [-0.2, -0.15) is 0 Å². The highest BCUT2D eigenvalue weighted by Gasteiger charge is 2.17. The van der Waals surface area contributed by atoms with Crippen molar-refractivity contribution in [1.82, 2.24) is 0 Å². The largest absolute Gasteiger partial charge is 0.469 e. The SMILES string of the molecule is COC(=O)CC(=O)OOC(=O)c1ccc(C)cc1C. The lowest BCUT2D eigenvalue weighted by Gasteiger charge is -2.05. The van der Waals surface area contributed by atoms with Crippen LogP contribution in [0.4, 0.5) is 0 Å². The number of carbonyl (C=O) groups excluding carboxylic acids is 3. The van der Waals surface area contributed by atoms with Crippen molar-refractivity contribution in [3.05, 3.63) is 34.9 Å². The third kappa shape index (κ3) is 4.42. The van der Waals surface area contributed by atoms with Crippen molar-refractivity contribution in [3.8, 4) is 0 Å². The molecule has 0 amide bonds. The topological polar surface area (TPSA) is 78.9 Å². The zero-order valence-corrected chi connectivity index (χ0v) is 10.9. The number of carbonyl (C=O) groups is 3. The van der Waals surface area contributed by atoms with E-state index in [2.05, 4.69) is 14.5 Å². The van der Waals surface area contributed by atoms with Crippen LogP contribution in [-0.2, 0) is 24.1 Å². The number of aryl methyl sites for hydroxylation is 2. The summed E-state index contributed by atoms with van der Waals surface area (Å²) >= 11 is 0. The molecule has 0 spiro atoms. The van der Waals surface area contributed by atoms with Gasteiger partial charge in [-0.25, -0.2) is 19.4 Å². The van der Waals surface area contributed by atoms with Crippen LogP contribution in [0.1, 0.15) is 27.9 Å². The van der Waals surface area contributed by atoms with Gasteiger partial charge in [0.2, 0.25) is 0 Å². The zero-order chi connectivity index (χ0) is 14.4. The van der Waals surface area contributed by atoms with Crippen LogP contribution in [0.25, 0.3) is 0 Å². The molecule has 0 atom stereocenters. The number of rotatable bonds is 3. The van der Waals surface area contributed by atoms with Crippen LogP contribution in [0, 0.1) is 13.8 Å². The lowest BCUT2D eigenvalue weighted by Crippen LogP contribution is -2.16. The summed E-state index contributed by atoms with van der Waals surface area (Å²) in [6.07, 6.45) is -0.614. The number of ether oxygens (including phenoxy) is 1. The lowest BCUT2D eigenvalue weighted by atomic mass is 10.1. The average molecular weight is 266 g/mol. The van der Waals surface area contributed by atoms with Crippen LogP contribution in [0.3, 0.4) is 0 Å². The van der Waals surface area contributed by atoms with Crippen molar-refractivity contribution in [2.45, 2.75) is 20.3 Å². The first kappa shape index (κ1) is 14.7. The number of hydrogen-bond donors (Lipinski definition) is 0. The van der Waals surface area contributed by atoms with Gasteiger partial charge in [0.15, 0.2) is 0 Å². The summed E-state index contributed by atoms with van der Waals surface area (Å²) in [6, 6.07) is 5.11. The van der Waals surface area contributed by atoms with Gasteiger partial charge in [-0.3, -0.25) is 4.79 Å². The van der Waals surface area contributed by atoms with E-state index in [1.807, 2.05) is 6.92 Å². The van der Waals surface area contributed by atoms with E-state index in [4.69, 9.17) is 0 Å². The Morgan fingerprint density at radius 1 is 1.05 bits per heavy atom. The summed E-state index contributed by atoms with van der Waals surface area (Å²) in [5.74, 6) is -2.56. The lowest BCUT2D eigenvalue weighted by molar-refractivity contribution is -0.234. The molecule has 1 aromatic carbocycles. The second kappa shape index (κ2) is 6.53. The third-order valence-corrected chi connectivity index (χ3v) is 2.33. The molecule has 0 N–H and O–H groups in total. The summed E-state index contributed by atoms with van der Waals surface area (Å²) in [5.41, 5.74) is 1.99. The molecule has 0 aliphatic heterocycles. The first-order valence-corrected chi connectivity index (χ1v) is 5.49. The Kier molecular flexibility index (Phi) is 5.05. The maximum atomic E-state index is 11.6. The van der Waals surface area contributed by atoms with Crippen molar-refractivity contribution in [3.63, 3.8) is 0 Å². The van der Waals surface area contributed by atoms with E-state index in [9.17, 15) is 14.4 Å². The summed E-state index contributed by atoms with van der Waals surface area (Å²) in [7, 11) is 1.14. The second-order valence-electron chi connectivity index (χ2n) is 3.90. The molecule has 0 unspecified atom stereocenters. The van der Waals surface area contributed by atoms with Gasteiger partial charge in [0, 0.05) is 0 Å². The van der Waals surface area contributed by atoms with E-state index in [1.54, 1.807) is 25.1 Å². The normalized spacial score (nSPS) is 9.63. The Morgan fingerprint density at radius 3 is 2.32 bits per heavy atom. The van der Waals surface area contributed by atoms with Crippen LogP contribution >= 0.6 is 0 Å². The Morgan fingerprint density at radius 2 is 1.74 bits per heavy atom. The van der Waals surface area contributed by atoms with Gasteiger partial charge in [0.25, 0.3) is 0 Å². The molecule has 19 heavy (non-hydrogen) atoms. The van der Waals surface area contributed by atoms with Gasteiger partial charge in [0.05, 0.1) is 12.7 Å². The van der Waals surface area contributed by atoms with Gasteiger partial charge in [-0.15, -0.1) is 0 Å². The van der Waals surface area contributed by atoms with Crippen molar-refractivity contribution < 1.29 is 28.9 Å². The molecule has 0 aliphatic carbocycles. The van der Waals surface area contributed by atoms with Gasteiger partial charge in [-0.05, 0) is 25.5 Å². The van der Waals surface area contributed by atoms with Crippen LogP contribution in [0.2, 0.25) is 0 Å². The van der Waals surface area contributed by atoms with E-state index in [0.29, 0.717) is 5.56 Å². The van der Waals surface area contributed by atoms with E-state index < -0.39 is 24.3 Å². The van der Waals surface area contributed by atoms with Gasteiger partial charge in [-0.1, -0.05) is 17.7 Å². The molecule has 0 saturated heterocycles. The van der Waals surface area contributed by atoms with Crippen LogP contribution in [0.5, 0.6) is 0 Å². The molecule has 1 aromatic rings. The van der Waals surface area contributed by atoms with E-state index >= 15 is 0 Å². The predicted octanol–water partition coefficient (Wildman–Crippen LogP) is 1.48. The van der Waals surface area contributed by atoms with E-state index in [1.165, 1.54) is 0 Å². The average Bonchev–Trinajstić information content (AvgIpc) is 2.35. The summed E-state index contributed by atoms with van der Waals surface area (Å²) in [4.78, 5) is 42.1. The van der Waals surface area contributed by atoms with Crippen LogP contribution in [0.15, 0.2) is 18.2 Å². The van der Waals surface area contributed by atoms with Gasteiger partial charge in [0.1, 0.15) is 6.42 Å². The first-order valence-electron chi connectivity index (χ1n) is 5.49. The van der Waals surface area contributed by atoms with Crippen LogP contribution < -0.4 is 0 Å². The number of esters is 1. The Hall–Kier alpha value is -2.37. The first-order chi connectivity index (χ1) is 8.93. The number of hydrogen-bond acceptors (Lipinski definition) is 6. The molecule has 0 aliphatic rings. The van der Waals surface area contributed by atoms with E-state index in [0.717, 1.165) is 12.7 Å².